The SMILES string of the molecule is COC(=O)[C@@H](NC1(C(=O)NC(C)(C)C)CCCCC1)c1ccccc1. The van der Waals surface area contributed by atoms with E-state index >= 15 is 0 Å². The predicted octanol–water partition coefficient (Wildman–Crippen LogP) is 3.11. The zero-order valence-electron chi connectivity index (χ0n) is 15.7. The molecule has 138 valence electrons. The molecule has 0 aromatic heterocycles. The van der Waals surface area contributed by atoms with E-state index in [1.165, 1.54) is 7.11 Å². The van der Waals surface area contributed by atoms with Gasteiger partial charge in [0.2, 0.25) is 5.91 Å². The molecule has 0 saturated heterocycles. The molecular weight excluding hydrogens is 316 g/mol. The van der Waals surface area contributed by atoms with Gasteiger partial charge in [-0.1, -0.05) is 49.6 Å². The number of carbonyl (C=O) groups is 2. The summed E-state index contributed by atoms with van der Waals surface area (Å²) in [5, 5.41) is 6.46. The van der Waals surface area contributed by atoms with Crippen LogP contribution in [0.4, 0.5) is 0 Å². The molecule has 25 heavy (non-hydrogen) atoms. The van der Waals surface area contributed by atoms with E-state index < -0.39 is 11.6 Å². The van der Waals surface area contributed by atoms with Crippen molar-refractivity contribution in [3.8, 4) is 0 Å². The third-order valence-corrected chi connectivity index (χ3v) is 4.62. The number of methoxy groups -OCH3 is 1. The number of rotatable bonds is 5. The standard InChI is InChI=1S/C20H30N2O3/c1-19(2,3)22-18(24)20(13-9-6-10-14-20)21-16(17(23)25-4)15-11-7-5-8-12-15/h5,7-8,11-12,16,21H,6,9-10,13-14H2,1-4H3,(H,22,24)/t16-/m0/s1. The number of hydrogen-bond donors (Lipinski definition) is 2. The molecule has 1 aliphatic rings. The van der Waals surface area contributed by atoms with Crippen molar-refractivity contribution in [2.24, 2.45) is 0 Å². The maximum absolute atomic E-state index is 13.1. The Labute approximate surface area is 150 Å². The smallest absolute Gasteiger partial charge is 0.327 e. The topological polar surface area (TPSA) is 67.4 Å². The molecule has 5 nitrogen and oxygen atoms in total. The summed E-state index contributed by atoms with van der Waals surface area (Å²) in [6, 6.07) is 8.78. The number of carbonyl (C=O) groups excluding carboxylic acids is 2. The van der Waals surface area contributed by atoms with Crippen LogP contribution in [0.25, 0.3) is 0 Å². The summed E-state index contributed by atoms with van der Waals surface area (Å²) >= 11 is 0. The van der Waals surface area contributed by atoms with Crippen molar-refractivity contribution in [1.29, 1.82) is 0 Å². The number of esters is 1. The van der Waals surface area contributed by atoms with Crippen LogP contribution in [0.15, 0.2) is 30.3 Å². The Kier molecular flexibility index (Phi) is 6.22. The van der Waals surface area contributed by atoms with Crippen molar-refractivity contribution in [3.05, 3.63) is 35.9 Å². The Morgan fingerprint density at radius 3 is 2.20 bits per heavy atom. The molecular formula is C20H30N2O3. The van der Waals surface area contributed by atoms with E-state index in [4.69, 9.17) is 4.74 Å². The number of benzene rings is 1. The van der Waals surface area contributed by atoms with Crippen LogP contribution in [0.5, 0.6) is 0 Å². The molecule has 1 amide bonds. The maximum Gasteiger partial charge on any atom is 0.327 e. The highest BCUT2D eigenvalue weighted by molar-refractivity contribution is 5.88. The van der Waals surface area contributed by atoms with Gasteiger partial charge in [0.1, 0.15) is 6.04 Å². The van der Waals surface area contributed by atoms with E-state index in [9.17, 15) is 9.59 Å². The van der Waals surface area contributed by atoms with Crippen molar-refractivity contribution in [2.45, 2.75) is 70.0 Å². The van der Waals surface area contributed by atoms with Gasteiger partial charge in [-0.25, -0.2) is 4.79 Å². The molecule has 1 fully saturated rings. The lowest BCUT2D eigenvalue weighted by Gasteiger charge is -2.41. The maximum atomic E-state index is 13.1. The molecule has 1 atom stereocenters. The molecule has 2 rings (SSSR count). The molecule has 0 bridgehead atoms. The van der Waals surface area contributed by atoms with Crippen molar-refractivity contribution in [1.82, 2.24) is 10.6 Å². The first kappa shape index (κ1) is 19.4. The van der Waals surface area contributed by atoms with Gasteiger partial charge in [0.05, 0.1) is 12.6 Å². The van der Waals surface area contributed by atoms with Crippen LogP contribution in [-0.4, -0.2) is 30.1 Å². The van der Waals surface area contributed by atoms with Gasteiger partial charge in [-0.15, -0.1) is 0 Å². The number of amides is 1. The zero-order valence-corrected chi connectivity index (χ0v) is 15.7. The van der Waals surface area contributed by atoms with E-state index in [1.807, 2.05) is 51.1 Å². The summed E-state index contributed by atoms with van der Waals surface area (Å²) in [5.41, 5.74) is -0.264. The van der Waals surface area contributed by atoms with Gasteiger partial charge >= 0.3 is 5.97 Å². The third kappa shape index (κ3) is 5.05. The Balaban J connectivity index is 2.32. The van der Waals surface area contributed by atoms with Gasteiger partial charge < -0.3 is 10.1 Å². The molecule has 0 unspecified atom stereocenters. The first-order chi connectivity index (χ1) is 11.8. The fourth-order valence-corrected chi connectivity index (χ4v) is 3.37. The molecule has 0 radical (unpaired) electrons. The Morgan fingerprint density at radius 1 is 1.08 bits per heavy atom. The lowest BCUT2D eigenvalue weighted by molar-refractivity contribution is -0.145. The largest absolute Gasteiger partial charge is 0.468 e. The third-order valence-electron chi connectivity index (χ3n) is 4.62. The monoisotopic (exact) mass is 346 g/mol. The van der Waals surface area contributed by atoms with Crippen molar-refractivity contribution < 1.29 is 14.3 Å². The average Bonchev–Trinajstić information content (AvgIpc) is 2.59. The van der Waals surface area contributed by atoms with E-state index in [1.54, 1.807) is 0 Å². The first-order valence-electron chi connectivity index (χ1n) is 9.00. The second-order valence-electron chi connectivity index (χ2n) is 7.86. The minimum Gasteiger partial charge on any atom is -0.468 e. The lowest BCUT2D eigenvalue weighted by atomic mass is 9.79. The summed E-state index contributed by atoms with van der Waals surface area (Å²) in [4.78, 5) is 25.5. The fraction of sp³-hybridized carbons (Fsp3) is 0.600. The van der Waals surface area contributed by atoms with Crippen molar-refractivity contribution >= 4 is 11.9 Å². The number of hydrogen-bond acceptors (Lipinski definition) is 4. The molecule has 1 aromatic carbocycles. The number of nitrogens with one attached hydrogen (secondary N) is 2. The Bertz CT molecular complexity index is 587. The van der Waals surface area contributed by atoms with Crippen LogP contribution >= 0.6 is 0 Å². The van der Waals surface area contributed by atoms with Gasteiger partial charge in [0.15, 0.2) is 0 Å². The van der Waals surface area contributed by atoms with E-state index in [0.29, 0.717) is 0 Å². The van der Waals surface area contributed by atoms with Gasteiger partial charge in [-0.3, -0.25) is 10.1 Å². The Hall–Kier alpha value is -1.88. The first-order valence-corrected chi connectivity index (χ1v) is 9.00. The minimum atomic E-state index is -0.750. The van der Waals surface area contributed by atoms with Crippen molar-refractivity contribution in [2.75, 3.05) is 7.11 Å². The summed E-state index contributed by atoms with van der Waals surface area (Å²) in [6.45, 7) is 5.91. The van der Waals surface area contributed by atoms with E-state index in [-0.39, 0.29) is 17.4 Å². The fourth-order valence-electron chi connectivity index (χ4n) is 3.37. The van der Waals surface area contributed by atoms with Gasteiger partial charge in [-0.2, -0.15) is 0 Å². The highest BCUT2D eigenvalue weighted by Gasteiger charge is 2.43. The molecule has 2 N–H and O–H groups in total. The highest BCUT2D eigenvalue weighted by Crippen LogP contribution is 2.32. The second kappa shape index (κ2) is 8.00. The van der Waals surface area contributed by atoms with Crippen LogP contribution < -0.4 is 10.6 Å². The predicted molar refractivity (Wildman–Crippen MR) is 98.0 cm³/mol. The van der Waals surface area contributed by atoms with Crippen LogP contribution in [-0.2, 0) is 14.3 Å². The number of ether oxygens (including phenoxy) is 1. The normalized spacial score (nSPS) is 18.2. The Morgan fingerprint density at radius 2 is 1.68 bits per heavy atom. The molecule has 0 aliphatic heterocycles. The quantitative estimate of drug-likeness (QED) is 0.804. The molecule has 1 saturated carbocycles. The van der Waals surface area contributed by atoms with Gasteiger partial charge in [-0.05, 0) is 39.2 Å². The van der Waals surface area contributed by atoms with E-state index in [2.05, 4.69) is 10.6 Å². The van der Waals surface area contributed by atoms with E-state index in [0.717, 1.165) is 37.7 Å². The van der Waals surface area contributed by atoms with Crippen LogP contribution in [0.1, 0.15) is 64.5 Å². The molecule has 1 aliphatic carbocycles. The lowest BCUT2D eigenvalue weighted by Crippen LogP contribution is -2.62. The van der Waals surface area contributed by atoms with Crippen LogP contribution in [0, 0.1) is 0 Å². The summed E-state index contributed by atoms with van der Waals surface area (Å²) in [7, 11) is 1.38. The summed E-state index contributed by atoms with van der Waals surface area (Å²) in [6.07, 6.45) is 4.48. The molecule has 1 aromatic rings. The second-order valence-corrected chi connectivity index (χ2v) is 7.86. The van der Waals surface area contributed by atoms with Crippen LogP contribution in [0.3, 0.4) is 0 Å². The van der Waals surface area contributed by atoms with Crippen LogP contribution in [0.2, 0.25) is 0 Å². The van der Waals surface area contributed by atoms with Gasteiger partial charge in [0, 0.05) is 5.54 Å². The zero-order chi connectivity index (χ0) is 18.5. The molecule has 0 spiro atoms. The molecule has 0 heterocycles. The summed E-state index contributed by atoms with van der Waals surface area (Å²) in [5.74, 6) is -0.413. The average molecular weight is 346 g/mol. The van der Waals surface area contributed by atoms with Gasteiger partial charge in [0.25, 0.3) is 0 Å². The van der Waals surface area contributed by atoms with Crippen molar-refractivity contribution in [3.63, 3.8) is 0 Å². The molecule has 5 heteroatoms. The highest BCUT2D eigenvalue weighted by atomic mass is 16.5. The minimum absolute atomic E-state index is 0.0375. The summed E-state index contributed by atoms with van der Waals surface area (Å²) < 4.78 is 5.00.